The van der Waals surface area contributed by atoms with Crippen LogP contribution in [0.3, 0.4) is 0 Å². The smallest absolute Gasteiger partial charge is 0.318 e. The second-order valence-corrected chi connectivity index (χ2v) is 7.27. The van der Waals surface area contributed by atoms with Crippen molar-refractivity contribution in [3.63, 3.8) is 0 Å². The summed E-state index contributed by atoms with van der Waals surface area (Å²) in [5.41, 5.74) is 2.35. The van der Waals surface area contributed by atoms with Gasteiger partial charge in [0.15, 0.2) is 0 Å². The summed E-state index contributed by atoms with van der Waals surface area (Å²) in [5.74, 6) is 1.17. The van der Waals surface area contributed by atoms with Crippen LogP contribution in [0, 0.1) is 5.92 Å². The van der Waals surface area contributed by atoms with Gasteiger partial charge in [0.2, 0.25) is 0 Å². The molecule has 2 aliphatic carbocycles. The maximum Gasteiger partial charge on any atom is 0.318 e. The van der Waals surface area contributed by atoms with Crippen molar-refractivity contribution in [1.29, 1.82) is 0 Å². The van der Waals surface area contributed by atoms with Gasteiger partial charge in [0.05, 0.1) is 11.7 Å². The molecule has 2 amide bonds. The van der Waals surface area contributed by atoms with Crippen LogP contribution in [0.2, 0.25) is 0 Å². The normalized spacial score (nSPS) is 22.9. The van der Waals surface area contributed by atoms with Gasteiger partial charge >= 0.3 is 6.03 Å². The average molecular weight is 335 g/mol. The Hall–Kier alpha value is -2.36. The molecule has 1 N–H and O–H groups in total. The van der Waals surface area contributed by atoms with Gasteiger partial charge in [-0.1, -0.05) is 36.4 Å². The minimum atomic E-state index is 0.0119. The number of carbonyl (C=O) groups is 1. The molecule has 3 atom stereocenters. The van der Waals surface area contributed by atoms with Crippen LogP contribution in [0.1, 0.15) is 49.4 Å². The van der Waals surface area contributed by atoms with Crippen molar-refractivity contribution in [2.45, 2.75) is 44.2 Å². The molecule has 2 aliphatic rings. The highest BCUT2D eigenvalue weighted by molar-refractivity contribution is 5.75. The Balaban J connectivity index is 1.35. The summed E-state index contributed by atoms with van der Waals surface area (Å²) in [6, 6.07) is 16.9. The lowest BCUT2D eigenvalue weighted by atomic mass is 10.1. The minimum absolute atomic E-state index is 0.0119. The van der Waals surface area contributed by atoms with Crippen molar-refractivity contribution in [2.75, 3.05) is 6.54 Å². The van der Waals surface area contributed by atoms with Gasteiger partial charge in [-0.3, -0.25) is 4.98 Å². The highest BCUT2D eigenvalue weighted by atomic mass is 16.2. The monoisotopic (exact) mass is 335 g/mol. The van der Waals surface area contributed by atoms with Crippen LogP contribution in [0.25, 0.3) is 0 Å². The first-order valence-electron chi connectivity index (χ1n) is 9.26. The Bertz CT molecular complexity index is 714. The number of carbonyl (C=O) groups excluding carboxylic acids is 1. The fourth-order valence-corrected chi connectivity index (χ4v) is 3.67. The van der Waals surface area contributed by atoms with Gasteiger partial charge in [0, 0.05) is 18.8 Å². The third kappa shape index (κ3) is 3.68. The molecule has 1 aromatic carbocycles. The zero-order valence-corrected chi connectivity index (χ0v) is 14.6. The van der Waals surface area contributed by atoms with E-state index < -0.39 is 0 Å². The second-order valence-electron chi connectivity index (χ2n) is 7.27. The van der Waals surface area contributed by atoms with E-state index in [2.05, 4.69) is 47.6 Å². The molecule has 0 spiro atoms. The first kappa shape index (κ1) is 16.1. The SMILES string of the molecule is C[C@H](c1ccccn1)N(C(=O)NC[C@H]1C[C@H]1c1ccccc1)C1CC1. The van der Waals surface area contributed by atoms with Gasteiger partial charge in [-0.2, -0.15) is 0 Å². The summed E-state index contributed by atoms with van der Waals surface area (Å²) in [6.45, 7) is 2.83. The van der Waals surface area contributed by atoms with E-state index in [9.17, 15) is 4.79 Å². The largest absolute Gasteiger partial charge is 0.338 e. The molecule has 1 aromatic heterocycles. The molecule has 2 aromatic rings. The lowest BCUT2D eigenvalue weighted by molar-refractivity contribution is 0.173. The van der Waals surface area contributed by atoms with E-state index in [-0.39, 0.29) is 12.1 Å². The quantitative estimate of drug-likeness (QED) is 0.863. The molecular formula is C21H25N3O. The first-order valence-corrected chi connectivity index (χ1v) is 9.26. The van der Waals surface area contributed by atoms with E-state index in [1.807, 2.05) is 23.1 Å². The van der Waals surface area contributed by atoms with Gasteiger partial charge in [-0.05, 0) is 55.7 Å². The number of pyridine rings is 1. The highest BCUT2D eigenvalue weighted by Crippen LogP contribution is 2.46. The van der Waals surface area contributed by atoms with Crippen molar-refractivity contribution < 1.29 is 4.79 Å². The number of benzene rings is 1. The third-order valence-electron chi connectivity index (χ3n) is 5.37. The molecule has 0 saturated heterocycles. The van der Waals surface area contributed by atoms with Crippen molar-refractivity contribution in [3.05, 3.63) is 66.0 Å². The summed E-state index contributed by atoms with van der Waals surface area (Å²) < 4.78 is 0. The summed E-state index contributed by atoms with van der Waals surface area (Å²) in [7, 11) is 0. The Labute approximate surface area is 149 Å². The standard InChI is InChI=1S/C21H25N3O/c1-15(20-9-5-6-12-22-20)24(18-10-11-18)21(25)23-14-17-13-19(17)16-7-3-2-4-8-16/h2-9,12,15,17-19H,10-11,13-14H2,1H3,(H,23,25)/t15-,17-,19+/m1/s1. The van der Waals surface area contributed by atoms with Crippen molar-refractivity contribution >= 4 is 6.03 Å². The Morgan fingerprint density at radius 1 is 1.20 bits per heavy atom. The number of amides is 2. The Morgan fingerprint density at radius 3 is 2.64 bits per heavy atom. The molecule has 0 bridgehead atoms. The number of hydrogen-bond donors (Lipinski definition) is 1. The Morgan fingerprint density at radius 2 is 1.96 bits per heavy atom. The molecule has 0 aliphatic heterocycles. The van der Waals surface area contributed by atoms with Gasteiger partial charge in [-0.15, -0.1) is 0 Å². The van der Waals surface area contributed by atoms with Crippen LogP contribution in [0.4, 0.5) is 4.79 Å². The molecule has 4 nitrogen and oxygen atoms in total. The van der Waals surface area contributed by atoms with E-state index in [1.165, 1.54) is 12.0 Å². The lowest BCUT2D eigenvalue weighted by Crippen LogP contribution is -2.43. The third-order valence-corrected chi connectivity index (χ3v) is 5.37. The summed E-state index contributed by atoms with van der Waals surface area (Å²) in [4.78, 5) is 19.2. The molecule has 4 heteroatoms. The van der Waals surface area contributed by atoms with Gasteiger partial charge in [0.1, 0.15) is 0 Å². The topological polar surface area (TPSA) is 45.2 Å². The predicted octanol–water partition coefficient (Wildman–Crippen LogP) is 4.12. The van der Waals surface area contributed by atoms with Crippen LogP contribution < -0.4 is 5.32 Å². The van der Waals surface area contributed by atoms with Crippen LogP contribution >= 0.6 is 0 Å². The second kappa shape index (κ2) is 6.87. The number of hydrogen-bond acceptors (Lipinski definition) is 2. The van der Waals surface area contributed by atoms with E-state index in [4.69, 9.17) is 0 Å². The molecule has 1 heterocycles. The molecule has 130 valence electrons. The van der Waals surface area contributed by atoms with Crippen molar-refractivity contribution in [2.24, 2.45) is 5.92 Å². The maximum atomic E-state index is 12.8. The summed E-state index contributed by atoms with van der Waals surface area (Å²) in [5, 5.41) is 3.18. The zero-order valence-electron chi connectivity index (χ0n) is 14.6. The molecular weight excluding hydrogens is 310 g/mol. The number of urea groups is 1. The molecule has 2 saturated carbocycles. The lowest BCUT2D eigenvalue weighted by Gasteiger charge is -2.29. The molecule has 25 heavy (non-hydrogen) atoms. The first-order chi connectivity index (χ1) is 12.2. The van der Waals surface area contributed by atoms with Crippen molar-refractivity contribution in [1.82, 2.24) is 15.2 Å². The fourth-order valence-electron chi connectivity index (χ4n) is 3.67. The molecule has 0 unspecified atom stereocenters. The van der Waals surface area contributed by atoms with Gasteiger partial charge < -0.3 is 10.2 Å². The van der Waals surface area contributed by atoms with Crippen LogP contribution in [0.15, 0.2) is 54.7 Å². The van der Waals surface area contributed by atoms with Gasteiger partial charge in [-0.25, -0.2) is 4.79 Å². The van der Waals surface area contributed by atoms with E-state index in [0.717, 1.165) is 25.1 Å². The fraction of sp³-hybridized carbons (Fsp3) is 0.429. The molecule has 0 radical (unpaired) electrons. The summed E-state index contributed by atoms with van der Waals surface area (Å²) in [6.07, 6.45) is 5.16. The van der Waals surface area contributed by atoms with E-state index in [0.29, 0.717) is 17.9 Å². The Kier molecular flexibility index (Phi) is 4.43. The average Bonchev–Trinajstić information content (AvgIpc) is 3.56. The predicted molar refractivity (Wildman–Crippen MR) is 98.2 cm³/mol. The van der Waals surface area contributed by atoms with Crippen LogP contribution in [-0.2, 0) is 0 Å². The molecule has 2 fully saturated rings. The zero-order chi connectivity index (χ0) is 17.2. The maximum absolute atomic E-state index is 12.8. The summed E-state index contributed by atoms with van der Waals surface area (Å²) >= 11 is 0. The minimum Gasteiger partial charge on any atom is -0.338 e. The number of nitrogens with one attached hydrogen (secondary N) is 1. The van der Waals surface area contributed by atoms with Gasteiger partial charge in [0.25, 0.3) is 0 Å². The van der Waals surface area contributed by atoms with Crippen LogP contribution in [0.5, 0.6) is 0 Å². The van der Waals surface area contributed by atoms with E-state index in [1.54, 1.807) is 6.20 Å². The number of nitrogens with zero attached hydrogens (tertiary/aromatic N) is 2. The molecule has 4 rings (SSSR count). The number of aromatic nitrogens is 1. The number of rotatable bonds is 6. The van der Waals surface area contributed by atoms with Crippen LogP contribution in [-0.4, -0.2) is 28.5 Å². The van der Waals surface area contributed by atoms with E-state index >= 15 is 0 Å². The van der Waals surface area contributed by atoms with Crippen molar-refractivity contribution in [3.8, 4) is 0 Å². The highest BCUT2D eigenvalue weighted by Gasteiger charge is 2.40.